The number of nitrogens with zero attached hydrogens (tertiary/aromatic N) is 1. The van der Waals surface area contributed by atoms with Gasteiger partial charge >= 0.3 is 0 Å². The lowest BCUT2D eigenvalue weighted by atomic mass is 10.1. The van der Waals surface area contributed by atoms with Gasteiger partial charge in [-0.2, -0.15) is 0 Å². The topological polar surface area (TPSA) is 80.3 Å². The lowest BCUT2D eigenvalue weighted by Gasteiger charge is -2.10. The molecule has 0 saturated carbocycles. The van der Waals surface area contributed by atoms with Crippen LogP contribution < -0.4 is 15.4 Å². The highest BCUT2D eigenvalue weighted by Gasteiger charge is 2.12. The van der Waals surface area contributed by atoms with Crippen molar-refractivity contribution in [3.63, 3.8) is 0 Å². The summed E-state index contributed by atoms with van der Waals surface area (Å²) in [4.78, 5) is 29.6. The molecule has 0 unspecified atom stereocenters. The third-order valence-corrected chi connectivity index (χ3v) is 6.10. The number of carbonyl (C=O) groups is 2. The van der Waals surface area contributed by atoms with Crippen LogP contribution in [0.4, 0.5) is 11.4 Å². The second-order valence-electron chi connectivity index (χ2n) is 7.50. The Bertz CT molecular complexity index is 1300. The molecule has 1 aromatic heterocycles. The van der Waals surface area contributed by atoms with E-state index < -0.39 is 0 Å². The van der Waals surface area contributed by atoms with Gasteiger partial charge < -0.3 is 15.4 Å². The number of thiazole rings is 1. The number of carbonyl (C=O) groups excluding carboxylic acids is 2. The first-order chi connectivity index (χ1) is 16.5. The number of amides is 2. The van der Waals surface area contributed by atoms with Gasteiger partial charge in [-0.1, -0.05) is 35.9 Å². The van der Waals surface area contributed by atoms with E-state index in [1.54, 1.807) is 43.5 Å². The lowest BCUT2D eigenvalue weighted by molar-refractivity contribution is -0.115. The number of rotatable bonds is 8. The molecule has 0 aliphatic rings. The van der Waals surface area contributed by atoms with Gasteiger partial charge in [-0.15, -0.1) is 11.3 Å². The number of aromatic nitrogens is 1. The van der Waals surface area contributed by atoms with E-state index in [1.807, 2.05) is 41.8 Å². The molecule has 0 spiro atoms. The molecule has 0 radical (unpaired) electrons. The number of nitrogens with one attached hydrogen (secondary N) is 2. The van der Waals surface area contributed by atoms with Crippen LogP contribution in [0.2, 0.25) is 5.02 Å². The van der Waals surface area contributed by atoms with E-state index >= 15 is 0 Å². The maximum Gasteiger partial charge on any atom is 0.255 e. The second kappa shape index (κ2) is 11.0. The van der Waals surface area contributed by atoms with Crippen LogP contribution in [0, 0.1) is 0 Å². The van der Waals surface area contributed by atoms with Crippen molar-refractivity contribution in [2.45, 2.75) is 12.8 Å². The van der Waals surface area contributed by atoms with Crippen LogP contribution in [-0.4, -0.2) is 23.9 Å². The average Bonchev–Trinajstić information content (AvgIpc) is 3.26. The average molecular weight is 492 g/mol. The zero-order chi connectivity index (χ0) is 23.9. The summed E-state index contributed by atoms with van der Waals surface area (Å²) in [5.41, 5.74) is 3.45. The fourth-order valence-electron chi connectivity index (χ4n) is 3.35. The number of benzene rings is 3. The van der Waals surface area contributed by atoms with Gasteiger partial charge in [0.2, 0.25) is 5.91 Å². The predicted octanol–water partition coefficient (Wildman–Crippen LogP) is 5.83. The van der Waals surface area contributed by atoms with Gasteiger partial charge in [0.25, 0.3) is 5.91 Å². The lowest BCUT2D eigenvalue weighted by Crippen LogP contribution is -2.15. The van der Waals surface area contributed by atoms with E-state index in [9.17, 15) is 9.59 Å². The van der Waals surface area contributed by atoms with Crippen LogP contribution >= 0.6 is 22.9 Å². The Hall–Kier alpha value is -3.68. The molecule has 6 nitrogen and oxygen atoms in total. The highest BCUT2D eigenvalue weighted by Crippen LogP contribution is 2.24. The van der Waals surface area contributed by atoms with Crippen LogP contribution in [0.25, 0.3) is 0 Å². The maximum absolute atomic E-state index is 12.5. The summed E-state index contributed by atoms with van der Waals surface area (Å²) in [5, 5.41) is 9.19. The number of para-hydroxylation sites is 2. The van der Waals surface area contributed by atoms with Crippen molar-refractivity contribution in [3.05, 3.63) is 105 Å². The van der Waals surface area contributed by atoms with E-state index in [0.29, 0.717) is 39.8 Å². The second-order valence-corrected chi connectivity index (χ2v) is 8.88. The quantitative estimate of drug-likeness (QED) is 0.325. The number of halogens is 1. The highest BCUT2D eigenvalue weighted by molar-refractivity contribution is 7.09. The SMILES string of the molecule is COc1ccccc1NC(=O)c1ccc(NC(=O)Cc2csc(Cc3cccc(Cl)c3)n2)cc1. The first-order valence-electron chi connectivity index (χ1n) is 10.5. The zero-order valence-electron chi connectivity index (χ0n) is 18.4. The summed E-state index contributed by atoms with van der Waals surface area (Å²) < 4.78 is 5.26. The molecule has 172 valence electrons. The molecule has 4 aromatic rings. The van der Waals surface area contributed by atoms with Crippen LogP contribution in [0.1, 0.15) is 26.6 Å². The molecule has 0 fully saturated rings. The van der Waals surface area contributed by atoms with Gasteiger partial charge in [-0.25, -0.2) is 4.98 Å². The van der Waals surface area contributed by atoms with E-state index in [2.05, 4.69) is 15.6 Å². The molecule has 2 N–H and O–H groups in total. The number of ether oxygens (including phenoxy) is 1. The van der Waals surface area contributed by atoms with Gasteiger partial charge in [-0.3, -0.25) is 9.59 Å². The molecule has 2 amide bonds. The predicted molar refractivity (Wildman–Crippen MR) is 136 cm³/mol. The zero-order valence-corrected chi connectivity index (χ0v) is 20.0. The Labute approximate surface area is 206 Å². The first-order valence-corrected chi connectivity index (χ1v) is 11.8. The summed E-state index contributed by atoms with van der Waals surface area (Å²) in [5.74, 6) is 0.139. The van der Waals surface area contributed by atoms with Crippen molar-refractivity contribution < 1.29 is 14.3 Å². The molecule has 8 heteroatoms. The summed E-state index contributed by atoms with van der Waals surface area (Å²) >= 11 is 7.56. The molecule has 34 heavy (non-hydrogen) atoms. The Balaban J connectivity index is 1.31. The van der Waals surface area contributed by atoms with E-state index in [4.69, 9.17) is 16.3 Å². The van der Waals surface area contributed by atoms with E-state index in [1.165, 1.54) is 11.3 Å². The minimum atomic E-state index is -0.267. The van der Waals surface area contributed by atoms with Crippen molar-refractivity contribution in [2.24, 2.45) is 0 Å². The summed E-state index contributed by atoms with van der Waals surface area (Å²) in [6, 6.07) is 21.6. The number of hydrogen-bond donors (Lipinski definition) is 2. The molecule has 0 bridgehead atoms. The molecule has 0 aliphatic carbocycles. The largest absolute Gasteiger partial charge is 0.495 e. The van der Waals surface area contributed by atoms with Crippen molar-refractivity contribution in [1.29, 1.82) is 0 Å². The smallest absolute Gasteiger partial charge is 0.255 e. The Morgan fingerprint density at radius 1 is 1.00 bits per heavy atom. The molecule has 1 heterocycles. The Morgan fingerprint density at radius 3 is 2.56 bits per heavy atom. The normalized spacial score (nSPS) is 10.5. The highest BCUT2D eigenvalue weighted by atomic mass is 35.5. The van der Waals surface area contributed by atoms with Crippen molar-refractivity contribution >= 4 is 46.1 Å². The molecule has 4 rings (SSSR count). The van der Waals surface area contributed by atoms with Crippen LogP contribution in [0.5, 0.6) is 5.75 Å². The number of hydrogen-bond acceptors (Lipinski definition) is 5. The first kappa shape index (κ1) is 23.5. The monoisotopic (exact) mass is 491 g/mol. The fourth-order valence-corrected chi connectivity index (χ4v) is 4.39. The standard InChI is InChI=1S/C26H22ClN3O3S/c1-33-23-8-3-2-7-22(23)30-26(32)18-9-11-20(12-10-18)28-24(31)15-21-16-34-25(29-21)14-17-5-4-6-19(27)13-17/h2-13,16H,14-15H2,1H3,(H,28,31)(H,30,32). The molecule has 0 aliphatic heterocycles. The number of methoxy groups -OCH3 is 1. The fraction of sp³-hybridized carbons (Fsp3) is 0.115. The molecular weight excluding hydrogens is 470 g/mol. The Morgan fingerprint density at radius 2 is 1.79 bits per heavy atom. The third kappa shape index (κ3) is 6.21. The van der Waals surface area contributed by atoms with E-state index in [0.717, 1.165) is 10.6 Å². The maximum atomic E-state index is 12.5. The third-order valence-electron chi connectivity index (χ3n) is 4.97. The Kier molecular flexibility index (Phi) is 7.57. The summed E-state index contributed by atoms with van der Waals surface area (Å²) in [6.45, 7) is 0. The molecule has 3 aromatic carbocycles. The molecule has 0 saturated heterocycles. The van der Waals surface area contributed by atoms with Crippen LogP contribution in [-0.2, 0) is 17.6 Å². The minimum Gasteiger partial charge on any atom is -0.495 e. The summed E-state index contributed by atoms with van der Waals surface area (Å²) in [6.07, 6.45) is 0.841. The minimum absolute atomic E-state index is 0.169. The van der Waals surface area contributed by atoms with Crippen LogP contribution in [0.15, 0.2) is 78.2 Å². The van der Waals surface area contributed by atoms with Crippen molar-refractivity contribution in [3.8, 4) is 5.75 Å². The van der Waals surface area contributed by atoms with Gasteiger partial charge in [0.15, 0.2) is 0 Å². The van der Waals surface area contributed by atoms with E-state index in [-0.39, 0.29) is 18.2 Å². The van der Waals surface area contributed by atoms with Crippen molar-refractivity contribution in [2.75, 3.05) is 17.7 Å². The number of anilines is 2. The molecular formula is C26H22ClN3O3S. The van der Waals surface area contributed by atoms with Gasteiger partial charge in [0.05, 0.1) is 29.9 Å². The van der Waals surface area contributed by atoms with Crippen molar-refractivity contribution in [1.82, 2.24) is 4.98 Å². The van der Waals surface area contributed by atoms with Gasteiger partial charge in [-0.05, 0) is 54.1 Å². The van der Waals surface area contributed by atoms with Gasteiger partial charge in [0, 0.05) is 28.1 Å². The molecule has 0 atom stereocenters. The van der Waals surface area contributed by atoms with Gasteiger partial charge in [0.1, 0.15) is 5.75 Å². The summed E-state index contributed by atoms with van der Waals surface area (Å²) in [7, 11) is 1.55. The van der Waals surface area contributed by atoms with Crippen LogP contribution in [0.3, 0.4) is 0 Å².